The first-order valence-electron chi connectivity index (χ1n) is 6.82. The molecule has 2 N–H and O–H groups in total. The summed E-state index contributed by atoms with van der Waals surface area (Å²) in [6.45, 7) is 9.04. The van der Waals surface area contributed by atoms with Crippen molar-refractivity contribution >= 4 is 0 Å². The molecule has 0 bridgehead atoms. The fourth-order valence-electron chi connectivity index (χ4n) is 2.83. The Morgan fingerprint density at radius 1 is 1.19 bits per heavy atom. The molecule has 3 heteroatoms. The maximum absolute atomic E-state index is 5.99. The molecule has 0 aromatic heterocycles. The monoisotopic (exact) mass is 228 g/mol. The second-order valence-electron chi connectivity index (χ2n) is 4.83. The van der Waals surface area contributed by atoms with Crippen LogP contribution in [0.1, 0.15) is 46.0 Å². The van der Waals surface area contributed by atoms with Crippen molar-refractivity contribution < 1.29 is 4.74 Å². The molecule has 1 aliphatic carbocycles. The summed E-state index contributed by atoms with van der Waals surface area (Å²) in [5.74, 6) is 0. The van der Waals surface area contributed by atoms with Crippen molar-refractivity contribution in [2.45, 2.75) is 51.5 Å². The molecule has 1 aliphatic rings. The second-order valence-corrected chi connectivity index (χ2v) is 4.83. The van der Waals surface area contributed by atoms with Gasteiger partial charge in [-0.3, -0.25) is 4.90 Å². The summed E-state index contributed by atoms with van der Waals surface area (Å²) in [4.78, 5) is 2.54. The zero-order valence-corrected chi connectivity index (χ0v) is 11.0. The van der Waals surface area contributed by atoms with E-state index in [0.717, 1.165) is 39.3 Å². The number of nitrogens with zero attached hydrogens (tertiary/aromatic N) is 1. The lowest BCUT2D eigenvalue weighted by atomic mass is 9.95. The van der Waals surface area contributed by atoms with Gasteiger partial charge in [-0.1, -0.05) is 26.7 Å². The summed E-state index contributed by atoms with van der Waals surface area (Å²) in [6.07, 6.45) is 6.32. The fourth-order valence-corrected chi connectivity index (χ4v) is 2.83. The number of hydrogen-bond donors (Lipinski definition) is 1. The van der Waals surface area contributed by atoms with Gasteiger partial charge in [0.1, 0.15) is 0 Å². The van der Waals surface area contributed by atoms with Crippen LogP contribution in [0, 0.1) is 0 Å². The van der Waals surface area contributed by atoms with E-state index in [1.54, 1.807) is 0 Å². The van der Waals surface area contributed by atoms with Crippen LogP contribution in [0.25, 0.3) is 0 Å². The molecule has 1 rings (SSSR count). The molecule has 0 aliphatic heterocycles. The fraction of sp³-hybridized carbons (Fsp3) is 1.00. The number of ether oxygens (including phenoxy) is 1. The average molecular weight is 228 g/mol. The van der Waals surface area contributed by atoms with Crippen molar-refractivity contribution in [3.8, 4) is 0 Å². The van der Waals surface area contributed by atoms with Crippen LogP contribution in [-0.2, 0) is 4.74 Å². The van der Waals surface area contributed by atoms with Gasteiger partial charge in [0, 0.05) is 25.2 Å². The van der Waals surface area contributed by atoms with Gasteiger partial charge >= 0.3 is 0 Å². The first kappa shape index (κ1) is 13.9. The molecule has 3 nitrogen and oxygen atoms in total. The number of hydrogen-bond acceptors (Lipinski definition) is 3. The van der Waals surface area contributed by atoms with E-state index in [9.17, 15) is 0 Å². The van der Waals surface area contributed by atoms with E-state index >= 15 is 0 Å². The van der Waals surface area contributed by atoms with Gasteiger partial charge < -0.3 is 10.5 Å². The number of likely N-dealkylation sites (N-methyl/N-ethyl adjacent to an activating group) is 1. The minimum absolute atomic E-state index is 0.282. The standard InChI is InChI=1S/C13H28N2O/c1-3-10-16-11-9-15(4-2)13(12-14)7-5-6-8-13/h3-12,14H2,1-2H3. The molecule has 0 amide bonds. The zero-order chi connectivity index (χ0) is 11.9. The van der Waals surface area contributed by atoms with Gasteiger partial charge in [-0.25, -0.2) is 0 Å². The van der Waals surface area contributed by atoms with Gasteiger partial charge in [0.15, 0.2) is 0 Å². The molecule has 0 atom stereocenters. The Balaban J connectivity index is 2.38. The van der Waals surface area contributed by atoms with Crippen molar-refractivity contribution in [2.24, 2.45) is 5.73 Å². The summed E-state index contributed by atoms with van der Waals surface area (Å²) in [5.41, 5.74) is 6.28. The molecule has 1 saturated carbocycles. The van der Waals surface area contributed by atoms with Crippen molar-refractivity contribution in [3.63, 3.8) is 0 Å². The molecule has 1 fully saturated rings. The van der Waals surface area contributed by atoms with E-state index in [1.165, 1.54) is 25.7 Å². The third-order valence-electron chi connectivity index (χ3n) is 3.82. The van der Waals surface area contributed by atoms with Gasteiger partial charge in [-0.15, -0.1) is 0 Å². The molecule has 96 valence electrons. The predicted molar refractivity (Wildman–Crippen MR) is 68.6 cm³/mol. The lowest BCUT2D eigenvalue weighted by Gasteiger charge is -2.40. The highest BCUT2D eigenvalue weighted by Crippen LogP contribution is 2.34. The van der Waals surface area contributed by atoms with E-state index in [0.29, 0.717) is 0 Å². The molecule has 0 spiro atoms. The van der Waals surface area contributed by atoms with Crippen molar-refractivity contribution in [2.75, 3.05) is 32.8 Å². The Morgan fingerprint density at radius 3 is 2.38 bits per heavy atom. The van der Waals surface area contributed by atoms with Gasteiger partial charge in [0.25, 0.3) is 0 Å². The van der Waals surface area contributed by atoms with Crippen molar-refractivity contribution in [1.29, 1.82) is 0 Å². The Kier molecular flexibility index (Phi) is 6.32. The highest BCUT2D eigenvalue weighted by molar-refractivity contribution is 4.95. The van der Waals surface area contributed by atoms with Crippen LogP contribution in [-0.4, -0.2) is 43.3 Å². The summed E-state index contributed by atoms with van der Waals surface area (Å²) < 4.78 is 5.58. The highest BCUT2D eigenvalue weighted by atomic mass is 16.5. The van der Waals surface area contributed by atoms with E-state index in [4.69, 9.17) is 10.5 Å². The van der Waals surface area contributed by atoms with E-state index in [1.807, 2.05) is 0 Å². The largest absolute Gasteiger partial charge is 0.380 e. The summed E-state index contributed by atoms with van der Waals surface area (Å²) in [6, 6.07) is 0. The maximum Gasteiger partial charge on any atom is 0.0593 e. The molecule has 0 heterocycles. The third kappa shape index (κ3) is 3.44. The topological polar surface area (TPSA) is 38.5 Å². The normalized spacial score (nSPS) is 19.5. The zero-order valence-electron chi connectivity index (χ0n) is 11.0. The molecule has 0 saturated heterocycles. The molecular weight excluding hydrogens is 200 g/mol. The second kappa shape index (κ2) is 7.25. The highest BCUT2D eigenvalue weighted by Gasteiger charge is 2.37. The minimum atomic E-state index is 0.282. The van der Waals surface area contributed by atoms with Crippen molar-refractivity contribution in [3.05, 3.63) is 0 Å². The molecule has 0 aromatic carbocycles. The van der Waals surface area contributed by atoms with E-state index < -0.39 is 0 Å². The van der Waals surface area contributed by atoms with Gasteiger partial charge in [0.05, 0.1) is 6.61 Å². The van der Waals surface area contributed by atoms with Crippen LogP contribution < -0.4 is 5.73 Å². The molecule has 0 aromatic rings. The number of nitrogens with two attached hydrogens (primary N) is 1. The Hall–Kier alpha value is -0.120. The Labute approximate surface area is 100 Å². The SMILES string of the molecule is CCCOCCN(CC)C1(CN)CCCC1. The molecule has 0 radical (unpaired) electrons. The average Bonchev–Trinajstić information content (AvgIpc) is 2.79. The number of rotatable bonds is 8. The molecule has 0 unspecified atom stereocenters. The maximum atomic E-state index is 5.99. The molecular formula is C13H28N2O. The van der Waals surface area contributed by atoms with Gasteiger partial charge in [-0.2, -0.15) is 0 Å². The lowest BCUT2D eigenvalue weighted by molar-refractivity contribution is 0.0511. The van der Waals surface area contributed by atoms with E-state index in [-0.39, 0.29) is 5.54 Å². The first-order valence-corrected chi connectivity index (χ1v) is 6.82. The Morgan fingerprint density at radius 2 is 1.88 bits per heavy atom. The van der Waals surface area contributed by atoms with Crippen LogP contribution in [0.5, 0.6) is 0 Å². The Bertz CT molecular complexity index is 179. The lowest BCUT2D eigenvalue weighted by Crippen LogP contribution is -2.53. The quantitative estimate of drug-likeness (QED) is 0.646. The molecule has 16 heavy (non-hydrogen) atoms. The van der Waals surface area contributed by atoms with Crippen LogP contribution in [0.15, 0.2) is 0 Å². The summed E-state index contributed by atoms with van der Waals surface area (Å²) >= 11 is 0. The summed E-state index contributed by atoms with van der Waals surface area (Å²) in [5, 5.41) is 0. The van der Waals surface area contributed by atoms with Gasteiger partial charge in [0.2, 0.25) is 0 Å². The van der Waals surface area contributed by atoms with E-state index in [2.05, 4.69) is 18.7 Å². The minimum Gasteiger partial charge on any atom is -0.380 e. The summed E-state index contributed by atoms with van der Waals surface area (Å²) in [7, 11) is 0. The van der Waals surface area contributed by atoms with Crippen LogP contribution in [0.3, 0.4) is 0 Å². The third-order valence-corrected chi connectivity index (χ3v) is 3.82. The first-order chi connectivity index (χ1) is 7.79. The van der Waals surface area contributed by atoms with Gasteiger partial charge in [-0.05, 0) is 25.8 Å². The van der Waals surface area contributed by atoms with Crippen LogP contribution in [0.2, 0.25) is 0 Å². The van der Waals surface area contributed by atoms with Crippen LogP contribution >= 0.6 is 0 Å². The predicted octanol–water partition coefficient (Wildman–Crippen LogP) is 2.01. The van der Waals surface area contributed by atoms with Crippen LogP contribution in [0.4, 0.5) is 0 Å². The smallest absolute Gasteiger partial charge is 0.0593 e. The van der Waals surface area contributed by atoms with Crippen molar-refractivity contribution in [1.82, 2.24) is 4.90 Å².